The van der Waals surface area contributed by atoms with Gasteiger partial charge in [-0.3, -0.25) is 0 Å². The van der Waals surface area contributed by atoms with Crippen LogP contribution < -0.4 is 4.74 Å². The minimum atomic E-state index is 0.318. The van der Waals surface area contributed by atoms with Crippen molar-refractivity contribution in [1.29, 1.82) is 0 Å². The minimum absolute atomic E-state index is 0.318. The Bertz CT molecular complexity index is 547. The molecule has 3 rings (SSSR count). The van der Waals surface area contributed by atoms with E-state index in [-0.39, 0.29) is 0 Å². The van der Waals surface area contributed by atoms with Gasteiger partial charge in [0.2, 0.25) is 0 Å². The second-order valence-corrected chi connectivity index (χ2v) is 6.74. The summed E-state index contributed by atoms with van der Waals surface area (Å²) in [5.41, 5.74) is 3.46. The van der Waals surface area contributed by atoms with E-state index >= 15 is 0 Å². The van der Waals surface area contributed by atoms with Crippen molar-refractivity contribution in [2.45, 2.75) is 64.4 Å². The van der Waals surface area contributed by atoms with Crippen molar-refractivity contribution < 1.29 is 9.84 Å². The first-order chi connectivity index (χ1) is 10.1. The Morgan fingerprint density at radius 3 is 2.90 bits per heavy atom. The number of aryl methyl sites for hydroxylation is 1. The molecule has 1 heterocycles. The molecule has 1 aliphatic carbocycles. The van der Waals surface area contributed by atoms with Crippen molar-refractivity contribution in [1.82, 2.24) is 0 Å². The number of allylic oxidation sites excluding steroid dienone is 1. The Hall–Kier alpha value is -1.44. The fraction of sp³-hybridized carbons (Fsp3) is 0.579. The summed E-state index contributed by atoms with van der Waals surface area (Å²) in [5.74, 6) is 2.21. The Morgan fingerprint density at radius 2 is 2.19 bits per heavy atom. The first-order valence-corrected chi connectivity index (χ1v) is 8.28. The maximum Gasteiger partial charge on any atom is 0.127 e. The van der Waals surface area contributed by atoms with Crippen molar-refractivity contribution in [3.8, 4) is 11.5 Å². The van der Waals surface area contributed by atoms with Crippen molar-refractivity contribution in [2.24, 2.45) is 5.92 Å². The normalized spacial score (nSPS) is 26.9. The second kappa shape index (κ2) is 5.75. The molecule has 0 amide bonds. The quantitative estimate of drug-likeness (QED) is 0.793. The molecule has 1 N–H and O–H groups in total. The van der Waals surface area contributed by atoms with Gasteiger partial charge in [0.25, 0.3) is 0 Å². The lowest BCUT2D eigenvalue weighted by atomic mass is 9.69. The zero-order valence-electron chi connectivity index (χ0n) is 13.2. The summed E-state index contributed by atoms with van der Waals surface area (Å²) in [4.78, 5) is 0. The number of phenolic OH excluding ortho intramolecular Hbond substituents is 1. The maximum atomic E-state index is 10.5. The number of phenols is 1. The molecule has 114 valence electrons. The highest BCUT2D eigenvalue weighted by Crippen LogP contribution is 2.52. The standard InChI is InChI=1S/C19H26O2/c1-4-5-6-13-9-17(20)19-16-11-14(21-18(19)10-13)7-8-15(16)12(2)3/h9-10,14-16,20H,2,4-8,11H2,1,3H3/t14?,15-,16+/m0/s1. The smallest absolute Gasteiger partial charge is 0.127 e. The van der Waals surface area contributed by atoms with Gasteiger partial charge in [-0.05, 0) is 62.6 Å². The molecule has 1 aromatic carbocycles. The molecule has 2 bridgehead atoms. The SMILES string of the molecule is C=C(C)[C@@H]1CCC2C[C@H]1c1c(O)cc(CCCC)cc1O2. The molecular formula is C19H26O2. The molecule has 21 heavy (non-hydrogen) atoms. The van der Waals surface area contributed by atoms with Gasteiger partial charge in [-0.2, -0.15) is 0 Å². The van der Waals surface area contributed by atoms with E-state index in [0.717, 1.165) is 43.4 Å². The average Bonchev–Trinajstić information content (AvgIpc) is 2.44. The molecule has 0 radical (unpaired) electrons. The van der Waals surface area contributed by atoms with Gasteiger partial charge in [-0.25, -0.2) is 0 Å². The van der Waals surface area contributed by atoms with Gasteiger partial charge in [0.05, 0.1) is 6.10 Å². The topological polar surface area (TPSA) is 29.5 Å². The van der Waals surface area contributed by atoms with Crippen LogP contribution in [0.3, 0.4) is 0 Å². The molecule has 1 fully saturated rings. The zero-order chi connectivity index (χ0) is 15.0. The summed E-state index contributed by atoms with van der Waals surface area (Å²) in [6.45, 7) is 8.47. The molecule has 2 heteroatoms. The van der Waals surface area contributed by atoms with Crippen molar-refractivity contribution in [3.05, 3.63) is 35.4 Å². The van der Waals surface area contributed by atoms with Gasteiger partial charge in [0.1, 0.15) is 11.5 Å². The van der Waals surface area contributed by atoms with Crippen LogP contribution in [0.2, 0.25) is 0 Å². The largest absolute Gasteiger partial charge is 0.508 e. The number of aromatic hydroxyl groups is 1. The third kappa shape index (κ3) is 2.68. The van der Waals surface area contributed by atoms with Crippen LogP contribution in [-0.2, 0) is 6.42 Å². The maximum absolute atomic E-state index is 10.5. The number of rotatable bonds is 4. The fourth-order valence-corrected chi connectivity index (χ4v) is 3.99. The van der Waals surface area contributed by atoms with E-state index in [2.05, 4.69) is 26.5 Å². The van der Waals surface area contributed by atoms with Crippen LogP contribution in [0.25, 0.3) is 0 Å². The van der Waals surface area contributed by atoms with E-state index in [1.165, 1.54) is 17.6 Å². The molecule has 1 aliphatic heterocycles. The summed E-state index contributed by atoms with van der Waals surface area (Å²) < 4.78 is 6.14. The van der Waals surface area contributed by atoms with Crippen molar-refractivity contribution >= 4 is 0 Å². The molecule has 0 saturated heterocycles. The van der Waals surface area contributed by atoms with Gasteiger partial charge in [-0.1, -0.05) is 25.5 Å². The van der Waals surface area contributed by atoms with Crippen molar-refractivity contribution in [2.75, 3.05) is 0 Å². The molecule has 1 saturated carbocycles. The number of unbranched alkanes of at least 4 members (excludes halogenated alkanes) is 1. The highest BCUT2D eigenvalue weighted by molar-refractivity contribution is 5.52. The highest BCUT2D eigenvalue weighted by atomic mass is 16.5. The van der Waals surface area contributed by atoms with Crippen LogP contribution in [0.4, 0.5) is 0 Å². The van der Waals surface area contributed by atoms with Gasteiger partial charge < -0.3 is 9.84 Å². The van der Waals surface area contributed by atoms with Crippen LogP contribution in [-0.4, -0.2) is 11.2 Å². The van der Waals surface area contributed by atoms with E-state index < -0.39 is 0 Å². The van der Waals surface area contributed by atoms with Crippen molar-refractivity contribution in [3.63, 3.8) is 0 Å². The van der Waals surface area contributed by atoms with Crippen LogP contribution in [0.5, 0.6) is 11.5 Å². The number of hydrogen-bond donors (Lipinski definition) is 1. The number of fused-ring (bicyclic) bond motifs is 4. The van der Waals surface area contributed by atoms with Gasteiger partial charge >= 0.3 is 0 Å². The van der Waals surface area contributed by atoms with Crippen LogP contribution in [0.15, 0.2) is 24.3 Å². The summed E-state index contributed by atoms with van der Waals surface area (Å²) in [7, 11) is 0. The lowest BCUT2D eigenvalue weighted by Gasteiger charge is -2.42. The lowest BCUT2D eigenvalue weighted by molar-refractivity contribution is 0.0972. The Kier molecular flexibility index (Phi) is 3.97. The second-order valence-electron chi connectivity index (χ2n) is 6.74. The summed E-state index contributed by atoms with van der Waals surface area (Å²) in [5, 5.41) is 10.5. The Labute approximate surface area is 127 Å². The fourth-order valence-electron chi connectivity index (χ4n) is 3.99. The van der Waals surface area contributed by atoms with Gasteiger partial charge in [-0.15, -0.1) is 0 Å². The lowest BCUT2D eigenvalue weighted by Crippen LogP contribution is -2.35. The highest BCUT2D eigenvalue weighted by Gasteiger charge is 2.40. The molecular weight excluding hydrogens is 260 g/mol. The van der Waals surface area contributed by atoms with Crippen LogP contribution >= 0.6 is 0 Å². The van der Waals surface area contributed by atoms with E-state index in [1.54, 1.807) is 0 Å². The summed E-state index contributed by atoms with van der Waals surface area (Å²) >= 11 is 0. The van der Waals surface area contributed by atoms with Gasteiger partial charge in [0, 0.05) is 11.5 Å². The molecule has 1 aromatic rings. The number of benzene rings is 1. The summed E-state index contributed by atoms with van der Waals surface area (Å²) in [6.07, 6.45) is 6.90. The molecule has 1 unspecified atom stereocenters. The van der Waals surface area contributed by atoms with E-state index in [1.807, 2.05) is 6.07 Å². The monoisotopic (exact) mass is 286 g/mol. The minimum Gasteiger partial charge on any atom is -0.508 e. The Balaban J connectivity index is 1.98. The molecule has 0 aromatic heterocycles. The first kappa shape index (κ1) is 14.5. The average molecular weight is 286 g/mol. The summed E-state index contributed by atoms with van der Waals surface area (Å²) in [6, 6.07) is 4.10. The predicted molar refractivity (Wildman–Crippen MR) is 86.0 cm³/mol. The molecule has 2 aliphatic rings. The third-order valence-corrected chi connectivity index (χ3v) is 5.10. The third-order valence-electron chi connectivity index (χ3n) is 5.10. The number of hydrogen-bond acceptors (Lipinski definition) is 2. The molecule has 3 atom stereocenters. The first-order valence-electron chi connectivity index (χ1n) is 8.28. The molecule has 0 spiro atoms. The van der Waals surface area contributed by atoms with Crippen LogP contribution in [0.1, 0.15) is 63.0 Å². The van der Waals surface area contributed by atoms with E-state index in [9.17, 15) is 5.11 Å². The van der Waals surface area contributed by atoms with Gasteiger partial charge in [0.15, 0.2) is 0 Å². The zero-order valence-corrected chi connectivity index (χ0v) is 13.2. The number of ether oxygens (including phenoxy) is 1. The van der Waals surface area contributed by atoms with Crippen LogP contribution in [0, 0.1) is 5.92 Å². The van der Waals surface area contributed by atoms with E-state index in [0.29, 0.717) is 23.7 Å². The van der Waals surface area contributed by atoms with E-state index in [4.69, 9.17) is 4.74 Å². The Morgan fingerprint density at radius 1 is 1.38 bits per heavy atom. The molecule has 2 nitrogen and oxygen atoms in total. The predicted octanol–water partition coefficient (Wildman–Crippen LogP) is 4.96.